The molecule has 2 saturated heterocycles. The molecule has 2 atom stereocenters. The molecule has 0 bridgehead atoms. The summed E-state index contributed by atoms with van der Waals surface area (Å²) in [4.78, 5) is 32.5. The first-order valence-electron chi connectivity index (χ1n) is 15.6. The van der Waals surface area contributed by atoms with Crippen molar-refractivity contribution in [2.24, 2.45) is 5.92 Å². The van der Waals surface area contributed by atoms with E-state index >= 15 is 4.39 Å². The lowest BCUT2D eigenvalue weighted by atomic mass is 10.0. The number of fused-ring (bicyclic) bond motifs is 2. The molecular formula is C34H36ClF2N7O3. The van der Waals surface area contributed by atoms with Crippen LogP contribution in [0.15, 0.2) is 36.5 Å². The maximum atomic E-state index is 16.7. The Morgan fingerprint density at radius 3 is 2.66 bits per heavy atom. The molecule has 4 aromatic rings. The largest absolute Gasteiger partial charge is 0.463 e. The molecule has 2 aliphatic rings. The predicted molar refractivity (Wildman–Crippen MR) is 175 cm³/mol. The van der Waals surface area contributed by atoms with Gasteiger partial charge in [0.15, 0.2) is 5.82 Å². The van der Waals surface area contributed by atoms with E-state index in [0.717, 1.165) is 19.5 Å². The van der Waals surface area contributed by atoms with E-state index in [-0.39, 0.29) is 47.7 Å². The van der Waals surface area contributed by atoms with Crippen molar-refractivity contribution in [3.05, 3.63) is 53.2 Å². The Morgan fingerprint density at radius 1 is 1.13 bits per heavy atom. The third-order valence-corrected chi connectivity index (χ3v) is 8.88. The zero-order valence-electron chi connectivity index (χ0n) is 26.8. The van der Waals surface area contributed by atoms with Crippen molar-refractivity contribution >= 4 is 45.2 Å². The maximum Gasteiger partial charge on any atom is 0.410 e. The Bertz CT molecular complexity index is 1880. The summed E-state index contributed by atoms with van der Waals surface area (Å²) in [5.41, 5.74) is -0.437. The number of rotatable bonds is 6. The minimum absolute atomic E-state index is 0.00602. The first-order valence-corrected chi connectivity index (χ1v) is 16.0. The smallest absolute Gasteiger partial charge is 0.410 e. The fourth-order valence-corrected chi connectivity index (χ4v) is 6.54. The lowest BCUT2D eigenvalue weighted by Gasteiger charge is -2.41. The fraction of sp³-hybridized carbons (Fsp3) is 0.441. The van der Waals surface area contributed by atoms with Crippen LogP contribution in [0.4, 0.5) is 19.4 Å². The molecule has 10 nitrogen and oxygen atoms in total. The molecule has 0 unspecified atom stereocenters. The van der Waals surface area contributed by atoms with Crippen LogP contribution in [0, 0.1) is 28.9 Å². The second-order valence-corrected chi connectivity index (χ2v) is 13.5. The second-order valence-electron chi connectivity index (χ2n) is 13.1. The van der Waals surface area contributed by atoms with Crippen LogP contribution in [0.2, 0.25) is 5.02 Å². The Balaban J connectivity index is 1.43. The zero-order chi connectivity index (χ0) is 33.5. The number of nitriles is 1. The number of halogens is 3. The number of amides is 1. The monoisotopic (exact) mass is 663 g/mol. The number of carbonyl (C=O) groups is 1. The van der Waals surface area contributed by atoms with Gasteiger partial charge in [0, 0.05) is 49.2 Å². The van der Waals surface area contributed by atoms with Gasteiger partial charge in [-0.05, 0) is 52.2 Å². The topological polar surface area (TPSA) is 108 Å². The zero-order valence-corrected chi connectivity index (χ0v) is 27.5. The Labute approximate surface area is 276 Å². The Morgan fingerprint density at radius 2 is 1.94 bits per heavy atom. The van der Waals surface area contributed by atoms with Gasteiger partial charge in [-0.15, -0.1) is 0 Å². The van der Waals surface area contributed by atoms with E-state index in [4.69, 9.17) is 26.1 Å². The van der Waals surface area contributed by atoms with Crippen molar-refractivity contribution < 1.29 is 23.0 Å². The average molecular weight is 664 g/mol. The van der Waals surface area contributed by atoms with Gasteiger partial charge < -0.3 is 24.2 Å². The van der Waals surface area contributed by atoms with Gasteiger partial charge in [-0.1, -0.05) is 35.9 Å². The average Bonchev–Trinajstić information content (AvgIpc) is 3.45. The first kappa shape index (κ1) is 32.6. The van der Waals surface area contributed by atoms with Crippen LogP contribution in [0.1, 0.15) is 33.6 Å². The number of aromatic nitrogens is 3. The highest BCUT2D eigenvalue weighted by atomic mass is 35.5. The number of likely N-dealkylation sites (tertiary alicyclic amines) is 1. The van der Waals surface area contributed by atoms with Crippen molar-refractivity contribution in [2.75, 3.05) is 51.3 Å². The van der Waals surface area contributed by atoms with Crippen LogP contribution >= 0.6 is 11.6 Å². The van der Waals surface area contributed by atoms with Gasteiger partial charge >= 0.3 is 12.1 Å². The lowest BCUT2D eigenvalue weighted by Crippen LogP contribution is -2.56. The number of pyridine rings is 1. The number of hydrogen-bond donors (Lipinski definition) is 0. The first-order chi connectivity index (χ1) is 22.4. The number of nitrogens with zero attached hydrogens (tertiary/aromatic N) is 7. The molecule has 0 saturated carbocycles. The van der Waals surface area contributed by atoms with Gasteiger partial charge in [0.25, 0.3) is 0 Å². The van der Waals surface area contributed by atoms with Gasteiger partial charge in [-0.25, -0.2) is 13.6 Å². The number of anilines is 1. The normalized spacial score (nSPS) is 18.9. The van der Waals surface area contributed by atoms with Crippen molar-refractivity contribution in [1.29, 1.82) is 5.26 Å². The minimum atomic E-state index is -0.731. The van der Waals surface area contributed by atoms with Crippen molar-refractivity contribution in [1.82, 2.24) is 24.8 Å². The van der Waals surface area contributed by atoms with Crippen LogP contribution in [-0.4, -0.2) is 88.9 Å². The molecular weight excluding hydrogens is 628 g/mol. The molecule has 0 radical (unpaired) electrons. The summed E-state index contributed by atoms with van der Waals surface area (Å²) in [5, 5.41) is 10.8. The third kappa shape index (κ3) is 6.73. The summed E-state index contributed by atoms with van der Waals surface area (Å²) in [7, 11) is 2.05. The molecule has 2 aromatic carbocycles. The van der Waals surface area contributed by atoms with E-state index in [2.05, 4.69) is 28.0 Å². The minimum Gasteiger partial charge on any atom is -0.463 e. The molecule has 2 aliphatic heterocycles. The standard InChI is InChI=1S/C34H36ClF2N7O3/c1-34(2,3)47-33(45)44-15-14-43(18-22(44)10-12-38)31-24-16-39-29(23-7-5-6-21-8-9-25(36)27(35)26(21)23)28(37)30(24)40-32(41-31)46-19-20-11-13-42(4)17-20/h5-9,16,20,22H,10-11,13-15,17-19H2,1-4H3/t20-,22+/m1/s1. The van der Waals surface area contributed by atoms with Gasteiger partial charge in [-0.3, -0.25) is 4.98 Å². The van der Waals surface area contributed by atoms with Crippen molar-refractivity contribution in [2.45, 2.75) is 45.3 Å². The summed E-state index contributed by atoms with van der Waals surface area (Å²) < 4.78 is 42.9. The Kier molecular flexibility index (Phi) is 9.05. The highest BCUT2D eigenvalue weighted by molar-refractivity contribution is 6.36. The predicted octanol–water partition coefficient (Wildman–Crippen LogP) is 6.45. The van der Waals surface area contributed by atoms with E-state index in [1.54, 1.807) is 49.9 Å². The van der Waals surface area contributed by atoms with Gasteiger partial charge in [0.2, 0.25) is 0 Å². The second kappa shape index (κ2) is 13.0. The van der Waals surface area contributed by atoms with Crippen LogP contribution in [-0.2, 0) is 4.74 Å². The molecule has 1 amide bonds. The highest BCUT2D eigenvalue weighted by Crippen LogP contribution is 2.38. The molecule has 246 valence electrons. The van der Waals surface area contributed by atoms with E-state index in [1.807, 2.05) is 4.90 Å². The summed E-state index contributed by atoms with van der Waals surface area (Å²) in [6.45, 7) is 8.38. The molecule has 47 heavy (non-hydrogen) atoms. The molecule has 0 N–H and O–H groups in total. The summed E-state index contributed by atoms with van der Waals surface area (Å²) in [6.07, 6.45) is 2.01. The van der Waals surface area contributed by atoms with E-state index < -0.39 is 29.4 Å². The molecule has 13 heteroatoms. The summed E-state index contributed by atoms with van der Waals surface area (Å²) in [5.74, 6) is -0.709. The number of carbonyl (C=O) groups excluding carboxylic acids is 1. The molecule has 0 aliphatic carbocycles. The molecule has 6 rings (SSSR count). The van der Waals surface area contributed by atoms with Crippen LogP contribution < -0.4 is 9.64 Å². The quantitative estimate of drug-likeness (QED) is 0.230. The summed E-state index contributed by atoms with van der Waals surface area (Å²) in [6, 6.07) is 9.67. The highest BCUT2D eigenvalue weighted by Gasteiger charge is 2.35. The van der Waals surface area contributed by atoms with E-state index in [0.29, 0.717) is 40.7 Å². The van der Waals surface area contributed by atoms with Crippen molar-refractivity contribution in [3.8, 4) is 23.3 Å². The van der Waals surface area contributed by atoms with Gasteiger partial charge in [0.05, 0.1) is 35.5 Å². The van der Waals surface area contributed by atoms with Gasteiger partial charge in [-0.2, -0.15) is 15.2 Å². The Hall–Kier alpha value is -4.34. The molecule has 0 spiro atoms. The molecule has 4 heterocycles. The number of hydrogen-bond acceptors (Lipinski definition) is 9. The van der Waals surface area contributed by atoms with Crippen LogP contribution in [0.3, 0.4) is 0 Å². The maximum absolute atomic E-state index is 16.7. The van der Waals surface area contributed by atoms with Crippen LogP contribution in [0.25, 0.3) is 32.9 Å². The lowest BCUT2D eigenvalue weighted by molar-refractivity contribution is 0.0145. The number of benzene rings is 2. The third-order valence-electron chi connectivity index (χ3n) is 8.51. The number of piperazine rings is 1. The number of ether oxygens (including phenoxy) is 2. The van der Waals surface area contributed by atoms with Crippen molar-refractivity contribution in [3.63, 3.8) is 0 Å². The van der Waals surface area contributed by atoms with E-state index in [9.17, 15) is 14.4 Å². The van der Waals surface area contributed by atoms with Gasteiger partial charge in [0.1, 0.15) is 28.4 Å². The van der Waals surface area contributed by atoms with E-state index in [1.165, 1.54) is 12.3 Å². The molecule has 2 fully saturated rings. The van der Waals surface area contributed by atoms with Crippen LogP contribution in [0.5, 0.6) is 6.01 Å². The summed E-state index contributed by atoms with van der Waals surface area (Å²) >= 11 is 6.39. The molecule has 2 aromatic heterocycles. The fourth-order valence-electron chi connectivity index (χ4n) is 6.27. The SMILES string of the molecule is CN1CC[C@@H](COc2nc(N3CCN(C(=O)OC(C)(C)C)[C@@H](CC#N)C3)c3cnc(-c4cccc5ccc(F)c(Cl)c45)c(F)c3n2)C1.